The molecule has 0 radical (unpaired) electrons. The molecule has 4 rings (SSSR count). The molecule has 0 aromatic heterocycles. The number of ether oxygens (including phenoxy) is 3. The molecule has 0 saturated heterocycles. The summed E-state index contributed by atoms with van der Waals surface area (Å²) in [6.45, 7) is 6.32. The topological polar surface area (TPSA) is 65.1 Å². The van der Waals surface area contributed by atoms with Gasteiger partial charge in [-0.2, -0.15) is 13.2 Å². The van der Waals surface area contributed by atoms with E-state index in [9.17, 15) is 22.8 Å². The van der Waals surface area contributed by atoms with E-state index in [2.05, 4.69) is 0 Å². The largest absolute Gasteiger partial charge is 0.493 e. The number of esters is 1. The van der Waals surface area contributed by atoms with Gasteiger partial charge in [0.15, 0.2) is 0 Å². The van der Waals surface area contributed by atoms with Crippen LogP contribution in [0.3, 0.4) is 0 Å². The lowest BCUT2D eigenvalue weighted by atomic mass is 9.69. The molecule has 2 aliphatic carbocycles. The molecule has 2 aromatic carbocycles. The maximum absolute atomic E-state index is 13.9. The number of halogens is 3. The van der Waals surface area contributed by atoms with E-state index in [0.29, 0.717) is 35.0 Å². The summed E-state index contributed by atoms with van der Waals surface area (Å²) in [4.78, 5) is 26.8. The summed E-state index contributed by atoms with van der Waals surface area (Å²) in [6.07, 6.45) is -0.624. The Morgan fingerprint density at radius 1 is 1.02 bits per heavy atom. The molecule has 1 unspecified atom stereocenters. The number of amides is 1. The smallest absolute Gasteiger partial charge is 0.416 e. The van der Waals surface area contributed by atoms with Crippen LogP contribution in [0.4, 0.5) is 18.0 Å². The van der Waals surface area contributed by atoms with Gasteiger partial charge in [-0.3, -0.25) is 4.79 Å². The first-order valence-corrected chi connectivity index (χ1v) is 14.4. The van der Waals surface area contributed by atoms with Crippen molar-refractivity contribution in [2.45, 2.75) is 64.7 Å². The average Bonchev–Trinajstić information content (AvgIpc) is 3.79. The molecule has 6 nitrogen and oxygen atoms in total. The van der Waals surface area contributed by atoms with E-state index in [-0.39, 0.29) is 39.1 Å². The van der Waals surface area contributed by atoms with Crippen molar-refractivity contribution in [3.63, 3.8) is 0 Å². The van der Waals surface area contributed by atoms with Gasteiger partial charge < -0.3 is 19.1 Å². The monoisotopic (exact) mass is 585 g/mol. The molecule has 0 bridgehead atoms. The second-order valence-electron chi connectivity index (χ2n) is 11.0. The first kappa shape index (κ1) is 31.2. The third-order valence-corrected chi connectivity index (χ3v) is 7.77. The second kappa shape index (κ2) is 13.5. The fourth-order valence-corrected chi connectivity index (χ4v) is 4.99. The molecule has 1 amide bonds. The van der Waals surface area contributed by atoms with Gasteiger partial charge in [-0.25, -0.2) is 4.79 Å². The van der Waals surface area contributed by atoms with Crippen LogP contribution in [0.2, 0.25) is 0 Å². The summed E-state index contributed by atoms with van der Waals surface area (Å²) in [5.41, 5.74) is 0.838. The molecule has 0 N–H and O–H groups in total. The lowest BCUT2D eigenvalue weighted by molar-refractivity contribution is -0.142. The fraction of sp³-hybridized carbons (Fsp3) is 0.455. The van der Waals surface area contributed by atoms with E-state index in [1.54, 1.807) is 26.0 Å². The van der Waals surface area contributed by atoms with Gasteiger partial charge in [-0.15, -0.1) is 0 Å². The molecule has 1 saturated carbocycles. The molecular weight excluding hydrogens is 547 g/mol. The minimum absolute atomic E-state index is 0.0232. The predicted octanol–water partition coefficient (Wildman–Crippen LogP) is 7.32. The SMILES string of the molecule is CCOC(=O)Cc1ccc(OCC2CC2)c(C2(C)CC=C(C(F)(F)F)C=C2CN(CC)C(=O)OCc2ccccc2)c1. The lowest BCUT2D eigenvalue weighted by Crippen LogP contribution is -2.39. The lowest BCUT2D eigenvalue weighted by Gasteiger charge is -2.39. The maximum Gasteiger partial charge on any atom is 0.416 e. The predicted molar refractivity (Wildman–Crippen MR) is 153 cm³/mol. The molecular formula is C33H38F3NO5. The van der Waals surface area contributed by atoms with E-state index in [1.807, 2.05) is 43.3 Å². The summed E-state index contributed by atoms with van der Waals surface area (Å²) in [5, 5.41) is 0. The van der Waals surface area contributed by atoms with Gasteiger partial charge in [0.1, 0.15) is 12.4 Å². The molecule has 9 heteroatoms. The van der Waals surface area contributed by atoms with Gasteiger partial charge in [-0.05, 0) is 67.9 Å². The Bertz CT molecular complexity index is 1320. The Hall–Kier alpha value is -3.75. The van der Waals surface area contributed by atoms with Gasteiger partial charge in [0, 0.05) is 24.1 Å². The zero-order chi connectivity index (χ0) is 30.3. The third-order valence-electron chi connectivity index (χ3n) is 7.77. The van der Waals surface area contributed by atoms with Gasteiger partial charge in [0.25, 0.3) is 0 Å². The van der Waals surface area contributed by atoms with Gasteiger partial charge in [0.05, 0.1) is 25.2 Å². The van der Waals surface area contributed by atoms with Crippen molar-refractivity contribution < 1.29 is 37.0 Å². The molecule has 2 aromatic rings. The standard InChI is InChI=1S/C33H38F3NO5/c1-4-37(31(39)42-22-23-9-7-6-8-10-23)20-27-19-26(33(34,35)36)15-16-32(27,3)28-17-25(18-30(38)40-5-2)13-14-29(28)41-21-24-11-12-24/h6-10,13-15,17,19,24H,4-5,11-12,16,18,20-22H2,1-3H3. The summed E-state index contributed by atoms with van der Waals surface area (Å²) < 4.78 is 58.7. The Morgan fingerprint density at radius 2 is 1.76 bits per heavy atom. The van der Waals surface area contributed by atoms with Crippen molar-refractivity contribution >= 4 is 12.1 Å². The minimum atomic E-state index is -4.55. The highest BCUT2D eigenvalue weighted by Crippen LogP contribution is 2.47. The normalized spacial score (nSPS) is 18.5. The summed E-state index contributed by atoms with van der Waals surface area (Å²) >= 11 is 0. The molecule has 0 spiro atoms. The van der Waals surface area contributed by atoms with Crippen LogP contribution < -0.4 is 4.74 Å². The van der Waals surface area contributed by atoms with E-state index in [0.717, 1.165) is 24.5 Å². The number of rotatable bonds is 12. The Morgan fingerprint density at radius 3 is 2.40 bits per heavy atom. The van der Waals surface area contributed by atoms with Crippen molar-refractivity contribution in [1.29, 1.82) is 0 Å². The van der Waals surface area contributed by atoms with Crippen LogP contribution in [-0.2, 0) is 32.7 Å². The summed E-state index contributed by atoms with van der Waals surface area (Å²) in [7, 11) is 0. The highest BCUT2D eigenvalue weighted by molar-refractivity contribution is 5.73. The first-order chi connectivity index (χ1) is 20.0. The highest BCUT2D eigenvalue weighted by atomic mass is 19.4. The van der Waals surface area contributed by atoms with Crippen LogP contribution in [0.25, 0.3) is 0 Å². The van der Waals surface area contributed by atoms with Gasteiger partial charge in [-0.1, -0.05) is 55.5 Å². The number of carbonyl (C=O) groups excluding carboxylic acids is 2. The third kappa shape index (κ3) is 7.95. The summed E-state index contributed by atoms with van der Waals surface area (Å²) in [5.74, 6) is 0.622. The quantitative estimate of drug-likeness (QED) is 0.244. The first-order valence-electron chi connectivity index (χ1n) is 14.4. The molecule has 2 aliphatic rings. The van der Waals surface area contributed by atoms with Crippen molar-refractivity contribution in [2.75, 3.05) is 26.3 Å². The molecule has 0 aliphatic heterocycles. The Labute approximate surface area is 245 Å². The molecule has 1 atom stereocenters. The Kier molecular flexibility index (Phi) is 10.0. The number of allylic oxidation sites excluding steroid dienone is 3. The number of likely N-dealkylation sites (N-methyl/N-ethyl adjacent to an activating group) is 1. The van der Waals surface area contributed by atoms with Crippen LogP contribution in [-0.4, -0.2) is 49.4 Å². The van der Waals surface area contributed by atoms with Gasteiger partial charge >= 0.3 is 18.2 Å². The number of carbonyl (C=O) groups is 2. The van der Waals surface area contributed by atoms with Crippen LogP contribution in [0, 0.1) is 5.92 Å². The van der Waals surface area contributed by atoms with E-state index in [4.69, 9.17) is 14.2 Å². The number of hydrogen-bond acceptors (Lipinski definition) is 5. The van der Waals surface area contributed by atoms with Gasteiger partial charge in [0.2, 0.25) is 0 Å². The Balaban J connectivity index is 1.68. The van der Waals surface area contributed by atoms with E-state index < -0.39 is 29.2 Å². The van der Waals surface area contributed by atoms with Crippen molar-refractivity contribution in [3.05, 3.63) is 88.5 Å². The molecule has 226 valence electrons. The van der Waals surface area contributed by atoms with E-state index in [1.165, 1.54) is 11.0 Å². The minimum Gasteiger partial charge on any atom is -0.493 e. The molecule has 42 heavy (non-hydrogen) atoms. The highest BCUT2D eigenvalue weighted by Gasteiger charge is 2.42. The zero-order valence-electron chi connectivity index (χ0n) is 24.3. The molecule has 0 heterocycles. The summed E-state index contributed by atoms with van der Waals surface area (Å²) in [6, 6.07) is 14.6. The fourth-order valence-electron chi connectivity index (χ4n) is 4.99. The second-order valence-corrected chi connectivity index (χ2v) is 11.0. The zero-order valence-corrected chi connectivity index (χ0v) is 24.3. The average molecular weight is 586 g/mol. The van der Waals surface area contributed by atoms with Crippen molar-refractivity contribution in [1.82, 2.24) is 4.90 Å². The van der Waals surface area contributed by atoms with E-state index >= 15 is 0 Å². The van der Waals surface area contributed by atoms with Crippen LogP contribution >= 0.6 is 0 Å². The number of hydrogen-bond donors (Lipinski definition) is 0. The number of nitrogens with zero attached hydrogens (tertiary/aromatic N) is 1. The van der Waals surface area contributed by atoms with Crippen molar-refractivity contribution in [2.24, 2.45) is 5.92 Å². The maximum atomic E-state index is 13.9. The van der Waals surface area contributed by atoms with Crippen LogP contribution in [0.5, 0.6) is 5.75 Å². The number of benzene rings is 2. The van der Waals surface area contributed by atoms with Crippen LogP contribution in [0.1, 0.15) is 56.7 Å². The molecule has 1 fully saturated rings. The van der Waals surface area contributed by atoms with Crippen LogP contribution in [0.15, 0.2) is 71.8 Å². The van der Waals surface area contributed by atoms with Crippen molar-refractivity contribution in [3.8, 4) is 5.75 Å². The number of alkyl halides is 3.